The van der Waals surface area contributed by atoms with Gasteiger partial charge in [0.2, 0.25) is 11.8 Å². The van der Waals surface area contributed by atoms with Gasteiger partial charge >= 0.3 is 0 Å². The van der Waals surface area contributed by atoms with Gasteiger partial charge in [-0.05, 0) is 18.6 Å². The monoisotopic (exact) mass is 250 g/mol. The van der Waals surface area contributed by atoms with Crippen LogP contribution in [0.2, 0.25) is 0 Å². The SMILES string of the molecule is NC(=O)[C@@H](N)CCC(=O)NCCc1ccccn1. The first-order valence-electron chi connectivity index (χ1n) is 5.81. The van der Waals surface area contributed by atoms with Crippen LogP contribution in [0.1, 0.15) is 18.5 Å². The van der Waals surface area contributed by atoms with Gasteiger partial charge in [-0.25, -0.2) is 0 Å². The third-order valence-corrected chi connectivity index (χ3v) is 2.48. The highest BCUT2D eigenvalue weighted by atomic mass is 16.2. The van der Waals surface area contributed by atoms with E-state index in [1.807, 2.05) is 18.2 Å². The molecule has 1 heterocycles. The topological polar surface area (TPSA) is 111 Å². The Hall–Kier alpha value is -1.95. The largest absolute Gasteiger partial charge is 0.368 e. The van der Waals surface area contributed by atoms with Crippen molar-refractivity contribution in [1.82, 2.24) is 10.3 Å². The summed E-state index contributed by atoms with van der Waals surface area (Å²) in [6, 6.07) is 4.88. The number of nitrogens with two attached hydrogens (primary N) is 2. The minimum Gasteiger partial charge on any atom is -0.368 e. The predicted molar refractivity (Wildman–Crippen MR) is 67.4 cm³/mol. The Morgan fingerprint density at radius 3 is 2.78 bits per heavy atom. The molecule has 0 aromatic carbocycles. The number of pyridine rings is 1. The average molecular weight is 250 g/mol. The third kappa shape index (κ3) is 5.40. The van der Waals surface area contributed by atoms with Crippen LogP contribution in [0.15, 0.2) is 24.4 Å². The van der Waals surface area contributed by atoms with Crippen molar-refractivity contribution in [1.29, 1.82) is 0 Å². The van der Waals surface area contributed by atoms with Gasteiger partial charge in [-0.2, -0.15) is 0 Å². The van der Waals surface area contributed by atoms with Crippen LogP contribution in [0.25, 0.3) is 0 Å². The second kappa shape index (κ2) is 7.39. The average Bonchev–Trinajstić information content (AvgIpc) is 2.37. The van der Waals surface area contributed by atoms with Gasteiger partial charge in [0.15, 0.2) is 0 Å². The lowest BCUT2D eigenvalue weighted by Gasteiger charge is -2.07. The maximum Gasteiger partial charge on any atom is 0.234 e. The van der Waals surface area contributed by atoms with Crippen LogP contribution >= 0.6 is 0 Å². The lowest BCUT2D eigenvalue weighted by molar-refractivity contribution is -0.122. The zero-order valence-corrected chi connectivity index (χ0v) is 10.1. The molecule has 18 heavy (non-hydrogen) atoms. The van der Waals surface area contributed by atoms with Gasteiger partial charge in [-0.15, -0.1) is 0 Å². The highest BCUT2D eigenvalue weighted by molar-refractivity contribution is 5.81. The first-order chi connectivity index (χ1) is 8.59. The predicted octanol–water partition coefficient (Wildman–Crippen LogP) is -0.667. The lowest BCUT2D eigenvalue weighted by Crippen LogP contribution is -2.37. The molecule has 6 heteroatoms. The Balaban J connectivity index is 2.16. The molecule has 0 fully saturated rings. The van der Waals surface area contributed by atoms with Crippen LogP contribution in [0.5, 0.6) is 0 Å². The first kappa shape index (κ1) is 14.1. The molecular formula is C12H18N4O2. The summed E-state index contributed by atoms with van der Waals surface area (Å²) >= 11 is 0. The molecule has 1 aromatic rings. The number of carbonyl (C=O) groups is 2. The van der Waals surface area contributed by atoms with E-state index in [0.717, 1.165) is 5.69 Å². The molecule has 98 valence electrons. The van der Waals surface area contributed by atoms with Gasteiger partial charge in [-0.1, -0.05) is 6.07 Å². The molecule has 0 unspecified atom stereocenters. The normalized spacial score (nSPS) is 11.8. The third-order valence-electron chi connectivity index (χ3n) is 2.48. The van der Waals surface area contributed by atoms with Crippen molar-refractivity contribution >= 4 is 11.8 Å². The van der Waals surface area contributed by atoms with Crippen molar-refractivity contribution in [2.75, 3.05) is 6.54 Å². The summed E-state index contributed by atoms with van der Waals surface area (Å²) in [6.45, 7) is 0.516. The number of amides is 2. The minimum absolute atomic E-state index is 0.136. The van der Waals surface area contributed by atoms with E-state index >= 15 is 0 Å². The molecule has 0 aliphatic carbocycles. The first-order valence-corrected chi connectivity index (χ1v) is 5.81. The zero-order valence-electron chi connectivity index (χ0n) is 10.1. The van der Waals surface area contributed by atoms with Crippen molar-refractivity contribution in [3.05, 3.63) is 30.1 Å². The number of hydrogen-bond acceptors (Lipinski definition) is 4. The summed E-state index contributed by atoms with van der Waals surface area (Å²) in [7, 11) is 0. The molecule has 5 N–H and O–H groups in total. The van der Waals surface area contributed by atoms with Crippen LogP contribution < -0.4 is 16.8 Å². The highest BCUT2D eigenvalue weighted by Crippen LogP contribution is 1.95. The fraction of sp³-hybridized carbons (Fsp3) is 0.417. The molecule has 1 atom stereocenters. The van der Waals surface area contributed by atoms with Crippen molar-refractivity contribution in [2.24, 2.45) is 11.5 Å². The van der Waals surface area contributed by atoms with E-state index in [1.54, 1.807) is 6.20 Å². The highest BCUT2D eigenvalue weighted by Gasteiger charge is 2.11. The van der Waals surface area contributed by atoms with E-state index in [4.69, 9.17) is 11.5 Å². The lowest BCUT2D eigenvalue weighted by atomic mass is 10.1. The maximum atomic E-state index is 11.4. The van der Waals surface area contributed by atoms with E-state index in [1.165, 1.54) is 0 Å². The fourth-order valence-electron chi connectivity index (χ4n) is 1.39. The van der Waals surface area contributed by atoms with Gasteiger partial charge in [0, 0.05) is 31.3 Å². The van der Waals surface area contributed by atoms with Crippen molar-refractivity contribution < 1.29 is 9.59 Å². The summed E-state index contributed by atoms with van der Waals surface area (Å²) in [5, 5.41) is 2.74. The van der Waals surface area contributed by atoms with Gasteiger partial charge < -0.3 is 16.8 Å². The number of hydrogen-bond donors (Lipinski definition) is 3. The minimum atomic E-state index is -0.758. The molecular weight excluding hydrogens is 232 g/mol. The van der Waals surface area contributed by atoms with Crippen LogP contribution in [0.3, 0.4) is 0 Å². The molecule has 0 aliphatic heterocycles. The van der Waals surface area contributed by atoms with Crippen molar-refractivity contribution in [3.63, 3.8) is 0 Å². The molecule has 1 aromatic heterocycles. The van der Waals surface area contributed by atoms with Crippen LogP contribution in [-0.2, 0) is 16.0 Å². The van der Waals surface area contributed by atoms with E-state index in [9.17, 15) is 9.59 Å². The molecule has 0 saturated carbocycles. The maximum absolute atomic E-state index is 11.4. The summed E-state index contributed by atoms with van der Waals surface area (Å²) < 4.78 is 0. The van der Waals surface area contributed by atoms with Gasteiger partial charge in [0.1, 0.15) is 0 Å². The number of nitrogens with zero attached hydrogens (tertiary/aromatic N) is 1. The smallest absolute Gasteiger partial charge is 0.234 e. The fourth-order valence-corrected chi connectivity index (χ4v) is 1.39. The molecule has 0 aliphatic rings. The van der Waals surface area contributed by atoms with Crippen molar-refractivity contribution in [3.8, 4) is 0 Å². The molecule has 6 nitrogen and oxygen atoms in total. The summed E-state index contributed by atoms with van der Waals surface area (Å²) in [6.07, 6.45) is 2.86. The van der Waals surface area contributed by atoms with Gasteiger partial charge in [0.25, 0.3) is 0 Å². The molecule has 0 radical (unpaired) electrons. The molecule has 0 saturated heterocycles. The number of nitrogens with one attached hydrogen (secondary N) is 1. The second-order valence-corrected chi connectivity index (χ2v) is 3.97. The quantitative estimate of drug-likeness (QED) is 0.596. The zero-order chi connectivity index (χ0) is 13.4. The molecule has 0 spiro atoms. The van der Waals surface area contributed by atoms with E-state index in [2.05, 4.69) is 10.3 Å². The Kier molecular flexibility index (Phi) is 5.79. The Morgan fingerprint density at radius 2 is 2.17 bits per heavy atom. The second-order valence-electron chi connectivity index (χ2n) is 3.97. The Bertz CT molecular complexity index is 394. The summed E-state index contributed by atoms with van der Waals surface area (Å²) in [4.78, 5) is 26.2. The molecule has 1 rings (SSSR count). The van der Waals surface area contributed by atoms with Crippen LogP contribution in [0, 0.1) is 0 Å². The molecule has 0 bridgehead atoms. The number of carbonyl (C=O) groups excluding carboxylic acids is 2. The molecule has 2 amide bonds. The van der Waals surface area contributed by atoms with Crippen molar-refractivity contribution in [2.45, 2.75) is 25.3 Å². The van der Waals surface area contributed by atoms with Gasteiger partial charge in [0.05, 0.1) is 6.04 Å². The summed E-state index contributed by atoms with van der Waals surface area (Å²) in [5.41, 5.74) is 11.3. The number of primary amides is 1. The summed E-state index contributed by atoms with van der Waals surface area (Å²) in [5.74, 6) is -0.723. The Labute approximate surface area is 106 Å². The van der Waals surface area contributed by atoms with E-state index in [-0.39, 0.29) is 18.7 Å². The van der Waals surface area contributed by atoms with Crippen LogP contribution in [-0.4, -0.2) is 29.4 Å². The van der Waals surface area contributed by atoms with Gasteiger partial charge in [-0.3, -0.25) is 14.6 Å². The number of rotatable bonds is 7. The number of aromatic nitrogens is 1. The van der Waals surface area contributed by atoms with E-state index < -0.39 is 11.9 Å². The van der Waals surface area contributed by atoms with E-state index in [0.29, 0.717) is 13.0 Å². The van der Waals surface area contributed by atoms with Crippen LogP contribution in [0.4, 0.5) is 0 Å². The Morgan fingerprint density at radius 1 is 1.39 bits per heavy atom. The standard InChI is InChI=1S/C12H18N4O2/c13-10(12(14)18)4-5-11(17)16-8-6-9-3-1-2-7-15-9/h1-3,7,10H,4-6,8,13H2,(H2,14,18)(H,16,17)/t10-/m0/s1.